The molecule has 0 saturated heterocycles. The third-order valence-electron chi connectivity index (χ3n) is 5.58. The lowest BCUT2D eigenvalue weighted by molar-refractivity contribution is -0.143. The molecule has 0 aliphatic heterocycles. The molecule has 3 aromatic rings. The van der Waals surface area contributed by atoms with Crippen LogP contribution in [0.4, 0.5) is 0 Å². The Morgan fingerprint density at radius 2 is 1.50 bits per heavy atom. The van der Waals surface area contributed by atoms with E-state index in [0.29, 0.717) is 18.7 Å². The predicted octanol–water partition coefficient (Wildman–Crippen LogP) is 4.85. The highest BCUT2D eigenvalue weighted by Crippen LogP contribution is 2.20. The van der Waals surface area contributed by atoms with Crippen molar-refractivity contribution in [3.8, 4) is 5.75 Å². The molecule has 0 aliphatic rings. The lowest BCUT2D eigenvalue weighted by Gasteiger charge is -2.32. The van der Waals surface area contributed by atoms with E-state index in [-0.39, 0.29) is 24.5 Å². The zero-order valence-electron chi connectivity index (χ0n) is 20.5. The van der Waals surface area contributed by atoms with Gasteiger partial charge in [0.2, 0.25) is 5.91 Å². The van der Waals surface area contributed by atoms with Crippen molar-refractivity contribution in [2.75, 3.05) is 6.61 Å². The van der Waals surface area contributed by atoms with Crippen molar-refractivity contribution in [3.63, 3.8) is 0 Å². The van der Waals surface area contributed by atoms with Gasteiger partial charge in [-0.05, 0) is 50.5 Å². The maximum Gasteiger partial charge on any atom is 0.261 e. The van der Waals surface area contributed by atoms with E-state index in [0.717, 1.165) is 22.3 Å². The first-order valence-corrected chi connectivity index (χ1v) is 11.7. The lowest BCUT2D eigenvalue weighted by atomic mass is 10.0. The fraction of sp³-hybridized carbons (Fsp3) is 0.310. The van der Waals surface area contributed by atoms with E-state index >= 15 is 0 Å². The van der Waals surface area contributed by atoms with Crippen molar-refractivity contribution >= 4 is 11.8 Å². The standard InChI is InChI=1S/C29H34N2O3/c1-21(2)30-29(33)26(18-24-11-7-5-8-12-24)31(19-25-13-9-6-10-14-25)28(32)20-34-27-16-15-22(3)17-23(27)4/h5-17,21,26H,18-20H2,1-4H3,(H,30,33). The largest absolute Gasteiger partial charge is 0.483 e. The van der Waals surface area contributed by atoms with Gasteiger partial charge in [0.25, 0.3) is 5.91 Å². The summed E-state index contributed by atoms with van der Waals surface area (Å²) in [4.78, 5) is 28.5. The summed E-state index contributed by atoms with van der Waals surface area (Å²) >= 11 is 0. The normalized spacial score (nSPS) is 11.7. The highest BCUT2D eigenvalue weighted by atomic mass is 16.5. The Labute approximate surface area is 202 Å². The van der Waals surface area contributed by atoms with Crippen molar-refractivity contribution in [1.82, 2.24) is 10.2 Å². The summed E-state index contributed by atoms with van der Waals surface area (Å²) in [7, 11) is 0. The number of hydrogen-bond acceptors (Lipinski definition) is 3. The fourth-order valence-electron chi connectivity index (χ4n) is 3.90. The molecule has 1 N–H and O–H groups in total. The number of benzene rings is 3. The summed E-state index contributed by atoms with van der Waals surface area (Å²) in [6.07, 6.45) is 0.418. The molecule has 5 heteroatoms. The quantitative estimate of drug-likeness (QED) is 0.473. The van der Waals surface area contributed by atoms with Crippen molar-refractivity contribution in [3.05, 3.63) is 101 Å². The molecule has 0 spiro atoms. The number of carbonyl (C=O) groups is 2. The van der Waals surface area contributed by atoms with Crippen molar-refractivity contribution in [2.24, 2.45) is 0 Å². The van der Waals surface area contributed by atoms with Crippen LogP contribution in [0.1, 0.15) is 36.1 Å². The van der Waals surface area contributed by atoms with E-state index in [1.165, 1.54) is 0 Å². The maximum atomic E-state index is 13.5. The molecule has 1 atom stereocenters. The maximum absolute atomic E-state index is 13.5. The molecular weight excluding hydrogens is 424 g/mol. The summed E-state index contributed by atoms with van der Waals surface area (Å²) in [5.41, 5.74) is 4.06. The molecule has 1 unspecified atom stereocenters. The van der Waals surface area contributed by atoms with Crippen LogP contribution in [0.25, 0.3) is 0 Å². The second kappa shape index (κ2) is 12.0. The molecule has 0 aromatic heterocycles. The molecule has 34 heavy (non-hydrogen) atoms. The minimum Gasteiger partial charge on any atom is -0.483 e. The molecule has 0 saturated carbocycles. The van der Waals surface area contributed by atoms with Crippen molar-refractivity contribution < 1.29 is 14.3 Å². The summed E-state index contributed by atoms with van der Waals surface area (Å²) in [5, 5.41) is 3.00. The van der Waals surface area contributed by atoms with Gasteiger partial charge in [0.1, 0.15) is 11.8 Å². The van der Waals surface area contributed by atoms with Crippen LogP contribution >= 0.6 is 0 Å². The molecule has 2 amide bonds. The van der Waals surface area contributed by atoms with Gasteiger partial charge < -0.3 is 15.0 Å². The topological polar surface area (TPSA) is 58.6 Å². The second-order valence-electron chi connectivity index (χ2n) is 8.93. The number of amides is 2. The Kier molecular flexibility index (Phi) is 8.86. The summed E-state index contributed by atoms with van der Waals surface area (Å²) in [6, 6.07) is 24.7. The Balaban J connectivity index is 1.89. The van der Waals surface area contributed by atoms with Crippen LogP contribution in [0.15, 0.2) is 78.9 Å². The highest BCUT2D eigenvalue weighted by Gasteiger charge is 2.31. The van der Waals surface area contributed by atoms with E-state index in [1.54, 1.807) is 4.90 Å². The average molecular weight is 459 g/mol. The minimum absolute atomic E-state index is 0.0362. The van der Waals surface area contributed by atoms with Gasteiger partial charge in [0, 0.05) is 19.0 Å². The average Bonchev–Trinajstić information content (AvgIpc) is 2.81. The molecule has 0 aliphatic carbocycles. The van der Waals surface area contributed by atoms with Gasteiger partial charge in [-0.1, -0.05) is 78.4 Å². The zero-order valence-corrected chi connectivity index (χ0v) is 20.5. The monoisotopic (exact) mass is 458 g/mol. The van der Waals surface area contributed by atoms with Crippen LogP contribution in [0.3, 0.4) is 0 Å². The molecule has 0 heterocycles. The fourth-order valence-corrected chi connectivity index (χ4v) is 3.90. The third kappa shape index (κ3) is 7.20. The molecule has 178 valence electrons. The van der Waals surface area contributed by atoms with Gasteiger partial charge in [0.05, 0.1) is 0 Å². The Morgan fingerprint density at radius 1 is 0.882 bits per heavy atom. The number of rotatable bonds is 10. The number of hydrogen-bond donors (Lipinski definition) is 1. The first-order chi connectivity index (χ1) is 16.3. The molecule has 5 nitrogen and oxygen atoms in total. The SMILES string of the molecule is Cc1ccc(OCC(=O)N(Cc2ccccc2)C(Cc2ccccc2)C(=O)NC(C)C)c(C)c1. The molecule has 0 radical (unpaired) electrons. The van der Waals surface area contributed by atoms with Crippen LogP contribution in [-0.2, 0) is 22.6 Å². The van der Waals surface area contributed by atoms with Gasteiger partial charge in [-0.3, -0.25) is 9.59 Å². The van der Waals surface area contributed by atoms with E-state index in [2.05, 4.69) is 5.32 Å². The van der Waals surface area contributed by atoms with E-state index in [4.69, 9.17) is 4.74 Å². The molecule has 3 rings (SSSR count). The Hall–Kier alpha value is -3.60. The van der Waals surface area contributed by atoms with Crippen LogP contribution in [0.2, 0.25) is 0 Å². The first-order valence-electron chi connectivity index (χ1n) is 11.7. The van der Waals surface area contributed by atoms with Crippen LogP contribution in [-0.4, -0.2) is 35.4 Å². The van der Waals surface area contributed by atoms with Gasteiger partial charge in [-0.15, -0.1) is 0 Å². The van der Waals surface area contributed by atoms with Crippen LogP contribution in [0, 0.1) is 13.8 Å². The number of nitrogens with one attached hydrogen (secondary N) is 1. The summed E-state index contributed by atoms with van der Waals surface area (Å²) < 4.78 is 5.91. The molecular formula is C29H34N2O3. The Morgan fingerprint density at radius 3 is 2.09 bits per heavy atom. The number of ether oxygens (including phenoxy) is 1. The Bertz CT molecular complexity index is 1080. The molecule has 0 bridgehead atoms. The van der Waals surface area contributed by atoms with E-state index in [1.807, 2.05) is 107 Å². The first kappa shape index (κ1) is 25.0. The zero-order chi connectivity index (χ0) is 24.5. The van der Waals surface area contributed by atoms with Crippen LogP contribution < -0.4 is 10.1 Å². The molecule has 0 fully saturated rings. The number of nitrogens with zero attached hydrogens (tertiary/aromatic N) is 1. The van der Waals surface area contributed by atoms with Gasteiger partial charge in [-0.25, -0.2) is 0 Å². The second-order valence-corrected chi connectivity index (χ2v) is 8.93. The van der Waals surface area contributed by atoms with Gasteiger partial charge >= 0.3 is 0 Å². The summed E-state index contributed by atoms with van der Waals surface area (Å²) in [5.74, 6) is 0.267. The lowest BCUT2D eigenvalue weighted by Crippen LogP contribution is -2.52. The number of aryl methyl sites for hydroxylation is 2. The van der Waals surface area contributed by atoms with Crippen LogP contribution in [0.5, 0.6) is 5.75 Å². The third-order valence-corrected chi connectivity index (χ3v) is 5.58. The minimum atomic E-state index is -0.666. The number of carbonyl (C=O) groups excluding carboxylic acids is 2. The van der Waals surface area contributed by atoms with Crippen molar-refractivity contribution in [1.29, 1.82) is 0 Å². The predicted molar refractivity (Wildman–Crippen MR) is 136 cm³/mol. The summed E-state index contributed by atoms with van der Waals surface area (Å²) in [6.45, 7) is 8.00. The van der Waals surface area contributed by atoms with E-state index in [9.17, 15) is 9.59 Å². The van der Waals surface area contributed by atoms with Crippen molar-refractivity contribution in [2.45, 2.75) is 52.7 Å². The smallest absolute Gasteiger partial charge is 0.261 e. The van der Waals surface area contributed by atoms with Gasteiger partial charge in [-0.2, -0.15) is 0 Å². The van der Waals surface area contributed by atoms with Gasteiger partial charge in [0.15, 0.2) is 6.61 Å². The highest BCUT2D eigenvalue weighted by molar-refractivity contribution is 5.88. The molecule has 3 aromatic carbocycles. The van der Waals surface area contributed by atoms with E-state index < -0.39 is 6.04 Å².